The Hall–Kier alpha value is -2.64. The van der Waals surface area contributed by atoms with E-state index < -0.39 is 23.5 Å². The number of ether oxygens (including phenoxy) is 1. The van der Waals surface area contributed by atoms with E-state index in [2.05, 4.69) is 4.90 Å². The summed E-state index contributed by atoms with van der Waals surface area (Å²) in [5, 5.41) is 11.5. The number of ketones is 1. The van der Waals surface area contributed by atoms with Gasteiger partial charge in [0.15, 0.2) is 11.5 Å². The number of halogens is 2. The highest BCUT2D eigenvalue weighted by Crippen LogP contribution is 2.41. The number of hydrogen-bond acceptors (Lipinski definition) is 5. The van der Waals surface area contributed by atoms with Crippen LogP contribution in [0.1, 0.15) is 23.6 Å². The number of carbonyl (C=O) groups is 2. The van der Waals surface area contributed by atoms with Gasteiger partial charge in [-0.3, -0.25) is 14.5 Å². The molecule has 178 valence electrons. The average molecular weight is 501 g/mol. The second-order valence-corrected chi connectivity index (χ2v) is 9.09. The first-order chi connectivity index (χ1) is 16.5. The van der Waals surface area contributed by atoms with Gasteiger partial charge in [0.25, 0.3) is 5.91 Å². The van der Waals surface area contributed by atoms with E-state index in [1.807, 2.05) is 30.3 Å². The Labute approximate surface area is 209 Å². The molecule has 2 aromatic carbocycles. The molecule has 0 radical (unpaired) electrons. The van der Waals surface area contributed by atoms with Gasteiger partial charge in [0, 0.05) is 36.2 Å². The van der Waals surface area contributed by atoms with Crippen LogP contribution in [0.25, 0.3) is 6.08 Å². The first-order valence-corrected chi connectivity index (χ1v) is 12.0. The van der Waals surface area contributed by atoms with Gasteiger partial charge in [0.1, 0.15) is 0 Å². The van der Waals surface area contributed by atoms with Crippen LogP contribution in [0, 0.1) is 0 Å². The molecule has 34 heavy (non-hydrogen) atoms. The van der Waals surface area contributed by atoms with Crippen molar-refractivity contribution in [2.45, 2.75) is 12.5 Å². The van der Waals surface area contributed by atoms with Gasteiger partial charge in [-0.1, -0.05) is 65.7 Å². The summed E-state index contributed by atoms with van der Waals surface area (Å²) in [6.07, 6.45) is 3.72. The summed E-state index contributed by atoms with van der Waals surface area (Å²) in [6, 6.07) is 13.5. The molecular formula is C26H26Cl2N2O4. The zero-order valence-electron chi connectivity index (χ0n) is 18.6. The lowest BCUT2D eigenvalue weighted by Gasteiger charge is -2.30. The summed E-state index contributed by atoms with van der Waals surface area (Å²) in [5.74, 6) is -1.55. The van der Waals surface area contributed by atoms with Crippen LogP contribution in [0.15, 0.2) is 65.9 Å². The first-order valence-electron chi connectivity index (χ1n) is 11.2. The highest BCUT2D eigenvalue weighted by atomic mass is 35.5. The molecule has 1 fully saturated rings. The topological polar surface area (TPSA) is 70.1 Å². The molecule has 2 aliphatic rings. The Morgan fingerprint density at radius 2 is 1.82 bits per heavy atom. The van der Waals surface area contributed by atoms with E-state index >= 15 is 0 Å². The van der Waals surface area contributed by atoms with E-state index in [1.165, 1.54) is 11.0 Å². The lowest BCUT2D eigenvalue weighted by Crippen LogP contribution is -2.39. The van der Waals surface area contributed by atoms with Crippen LogP contribution in [0.5, 0.6) is 0 Å². The molecule has 0 aromatic heterocycles. The second kappa shape index (κ2) is 11.2. The maximum atomic E-state index is 13.2. The monoisotopic (exact) mass is 500 g/mol. The Morgan fingerprint density at radius 1 is 1.09 bits per heavy atom. The minimum atomic E-state index is -0.796. The molecule has 0 bridgehead atoms. The fraction of sp³-hybridized carbons (Fsp3) is 0.308. The second-order valence-electron chi connectivity index (χ2n) is 8.25. The van der Waals surface area contributed by atoms with Crippen molar-refractivity contribution in [3.05, 3.63) is 87.1 Å². The van der Waals surface area contributed by atoms with E-state index in [1.54, 1.807) is 24.3 Å². The van der Waals surface area contributed by atoms with Crippen molar-refractivity contribution in [3.8, 4) is 0 Å². The summed E-state index contributed by atoms with van der Waals surface area (Å²) >= 11 is 12.6. The van der Waals surface area contributed by atoms with Crippen LogP contribution in [-0.2, 0) is 14.3 Å². The summed E-state index contributed by atoms with van der Waals surface area (Å²) in [6.45, 7) is 4.23. The molecule has 8 heteroatoms. The summed E-state index contributed by atoms with van der Waals surface area (Å²) < 4.78 is 5.39. The highest BCUT2D eigenvalue weighted by molar-refractivity contribution is 6.35. The quantitative estimate of drug-likeness (QED) is 0.532. The molecule has 1 atom stereocenters. The molecule has 2 aromatic rings. The first kappa shape index (κ1) is 24.5. The smallest absolute Gasteiger partial charge is 0.290 e. The lowest BCUT2D eigenvalue weighted by atomic mass is 9.95. The van der Waals surface area contributed by atoms with Gasteiger partial charge in [-0.15, -0.1) is 0 Å². The maximum absolute atomic E-state index is 13.2. The zero-order valence-corrected chi connectivity index (χ0v) is 20.1. The van der Waals surface area contributed by atoms with Crippen molar-refractivity contribution in [1.82, 2.24) is 9.80 Å². The summed E-state index contributed by atoms with van der Waals surface area (Å²) in [5.41, 5.74) is 1.41. The maximum Gasteiger partial charge on any atom is 0.290 e. The van der Waals surface area contributed by atoms with Gasteiger partial charge in [-0.05, 0) is 35.8 Å². The molecule has 0 aliphatic carbocycles. The van der Waals surface area contributed by atoms with E-state index in [0.717, 1.165) is 25.2 Å². The average Bonchev–Trinajstić information content (AvgIpc) is 3.09. The van der Waals surface area contributed by atoms with Crippen molar-refractivity contribution >= 4 is 41.0 Å². The third kappa shape index (κ3) is 5.53. The Balaban J connectivity index is 1.60. The molecule has 0 spiro atoms. The predicted molar refractivity (Wildman–Crippen MR) is 133 cm³/mol. The summed E-state index contributed by atoms with van der Waals surface area (Å²) in [4.78, 5) is 30.1. The molecule has 1 saturated heterocycles. The number of amides is 1. The molecule has 1 unspecified atom stereocenters. The number of aliphatic hydroxyl groups is 1. The van der Waals surface area contributed by atoms with Crippen LogP contribution in [-0.4, -0.2) is 66.0 Å². The highest BCUT2D eigenvalue weighted by Gasteiger charge is 2.43. The summed E-state index contributed by atoms with van der Waals surface area (Å²) in [7, 11) is 0. The van der Waals surface area contributed by atoms with E-state index in [0.29, 0.717) is 41.8 Å². The molecule has 6 nitrogen and oxygen atoms in total. The minimum absolute atomic E-state index is 0.0211. The number of hydrogen-bond donors (Lipinski definition) is 1. The largest absolute Gasteiger partial charge is 0.503 e. The van der Waals surface area contributed by atoms with E-state index in [4.69, 9.17) is 27.9 Å². The third-order valence-electron chi connectivity index (χ3n) is 6.03. The molecule has 4 rings (SSSR count). The number of rotatable bonds is 8. The van der Waals surface area contributed by atoms with Gasteiger partial charge in [0.2, 0.25) is 0 Å². The van der Waals surface area contributed by atoms with Gasteiger partial charge in [-0.2, -0.15) is 0 Å². The Morgan fingerprint density at radius 3 is 2.53 bits per heavy atom. The zero-order chi connectivity index (χ0) is 24.1. The van der Waals surface area contributed by atoms with Gasteiger partial charge >= 0.3 is 0 Å². The van der Waals surface area contributed by atoms with Crippen LogP contribution < -0.4 is 0 Å². The molecular weight excluding hydrogens is 475 g/mol. The van der Waals surface area contributed by atoms with Crippen LogP contribution in [0.2, 0.25) is 10.0 Å². The molecule has 1 N–H and O–H groups in total. The third-order valence-corrected chi connectivity index (χ3v) is 6.59. The Kier molecular flexibility index (Phi) is 8.06. The molecule has 2 heterocycles. The fourth-order valence-electron chi connectivity index (χ4n) is 4.30. The number of morpholine rings is 1. The van der Waals surface area contributed by atoms with Gasteiger partial charge in [0.05, 0.1) is 24.8 Å². The van der Waals surface area contributed by atoms with Gasteiger partial charge < -0.3 is 14.7 Å². The number of aliphatic hydroxyl groups excluding tert-OH is 1. The normalized spacial score (nSPS) is 19.4. The van der Waals surface area contributed by atoms with Crippen LogP contribution in [0.4, 0.5) is 0 Å². The van der Waals surface area contributed by atoms with Crippen LogP contribution in [0.3, 0.4) is 0 Å². The number of benzene rings is 2. The minimum Gasteiger partial charge on any atom is -0.503 e. The Bertz CT molecular complexity index is 1110. The number of nitrogens with zero attached hydrogens (tertiary/aromatic N) is 2. The van der Waals surface area contributed by atoms with Crippen molar-refractivity contribution < 1.29 is 19.4 Å². The predicted octanol–water partition coefficient (Wildman–Crippen LogP) is 4.69. The lowest BCUT2D eigenvalue weighted by molar-refractivity contribution is -0.129. The molecule has 2 aliphatic heterocycles. The number of allylic oxidation sites excluding steroid dienone is 1. The molecule has 0 saturated carbocycles. The van der Waals surface area contributed by atoms with Gasteiger partial charge in [-0.25, -0.2) is 0 Å². The van der Waals surface area contributed by atoms with Crippen molar-refractivity contribution in [2.24, 2.45) is 0 Å². The fourth-order valence-corrected chi connectivity index (χ4v) is 4.81. The number of carbonyl (C=O) groups excluding carboxylic acids is 2. The standard InChI is InChI=1S/C26H26Cl2N2O4/c27-19-8-9-20(21(28)17-19)24-23(22(31)10-7-18-5-2-1-3-6-18)25(32)26(33)30(24)12-4-11-29-13-15-34-16-14-29/h1-3,5-10,17,24,32H,4,11-16H2. The SMILES string of the molecule is O=C(C=Cc1ccccc1)C1=C(O)C(=O)N(CCCN2CCOCC2)C1c1ccc(Cl)cc1Cl. The molecule has 1 amide bonds. The van der Waals surface area contributed by atoms with Crippen molar-refractivity contribution in [1.29, 1.82) is 0 Å². The van der Waals surface area contributed by atoms with Crippen LogP contribution >= 0.6 is 23.2 Å². The van der Waals surface area contributed by atoms with Crippen molar-refractivity contribution in [3.63, 3.8) is 0 Å². The van der Waals surface area contributed by atoms with E-state index in [9.17, 15) is 14.7 Å². The van der Waals surface area contributed by atoms with Crippen molar-refractivity contribution in [2.75, 3.05) is 39.4 Å². The van der Waals surface area contributed by atoms with E-state index in [-0.39, 0.29) is 5.57 Å².